The predicted molar refractivity (Wildman–Crippen MR) is 69.4 cm³/mol. The Kier molecular flexibility index (Phi) is 5.49. The molecule has 0 atom stereocenters. The largest absolute Gasteiger partial charge is 0.385 e. The summed E-state index contributed by atoms with van der Waals surface area (Å²) in [5.41, 5.74) is 3.02. The van der Waals surface area contributed by atoms with Crippen LogP contribution in [-0.4, -0.2) is 26.3 Å². The minimum atomic E-state index is -0.168. The van der Waals surface area contributed by atoms with Gasteiger partial charge < -0.3 is 15.4 Å². The Balaban J connectivity index is 2.45. The van der Waals surface area contributed by atoms with Gasteiger partial charge in [-0.15, -0.1) is 0 Å². The van der Waals surface area contributed by atoms with Gasteiger partial charge in [-0.3, -0.25) is 0 Å². The number of ether oxygens (including phenoxy) is 1. The number of rotatable bonds is 5. The zero-order chi connectivity index (χ0) is 12.7. The number of anilines is 1. The summed E-state index contributed by atoms with van der Waals surface area (Å²) in [7, 11) is 1.65. The molecule has 0 fully saturated rings. The lowest BCUT2D eigenvalue weighted by atomic mass is 10.1. The number of methoxy groups -OCH3 is 1. The number of carbonyl (C=O) groups excluding carboxylic acids is 1. The maximum absolute atomic E-state index is 11.6. The predicted octanol–water partition coefficient (Wildman–Crippen LogP) is 2.46. The average molecular weight is 236 g/mol. The molecule has 2 N–H and O–H groups in total. The number of nitrogens with one attached hydrogen (secondary N) is 2. The molecule has 0 unspecified atom stereocenters. The summed E-state index contributed by atoms with van der Waals surface area (Å²) in [5.74, 6) is 0. The van der Waals surface area contributed by atoms with E-state index < -0.39 is 0 Å². The quantitative estimate of drug-likeness (QED) is 0.772. The van der Waals surface area contributed by atoms with Gasteiger partial charge in [-0.2, -0.15) is 0 Å². The van der Waals surface area contributed by atoms with E-state index >= 15 is 0 Å². The molecule has 0 saturated heterocycles. The second kappa shape index (κ2) is 6.91. The van der Waals surface area contributed by atoms with Gasteiger partial charge in [0, 0.05) is 25.9 Å². The first-order valence-corrected chi connectivity index (χ1v) is 5.75. The maximum atomic E-state index is 11.6. The van der Waals surface area contributed by atoms with Crippen molar-refractivity contribution in [1.82, 2.24) is 5.32 Å². The Morgan fingerprint density at radius 2 is 1.94 bits per heavy atom. The molecule has 4 heteroatoms. The third-order valence-corrected chi connectivity index (χ3v) is 2.53. The highest BCUT2D eigenvalue weighted by molar-refractivity contribution is 5.90. The number of carbonyl (C=O) groups is 1. The molecule has 0 spiro atoms. The summed E-state index contributed by atoms with van der Waals surface area (Å²) in [5, 5.41) is 5.65. The first-order valence-electron chi connectivity index (χ1n) is 5.75. The van der Waals surface area contributed by atoms with Crippen molar-refractivity contribution in [2.75, 3.05) is 25.6 Å². The lowest BCUT2D eigenvalue weighted by Crippen LogP contribution is -2.30. The van der Waals surface area contributed by atoms with E-state index in [1.54, 1.807) is 7.11 Å². The van der Waals surface area contributed by atoms with E-state index in [1.807, 2.05) is 32.0 Å². The molecule has 0 aliphatic rings. The van der Waals surface area contributed by atoms with E-state index in [4.69, 9.17) is 4.74 Å². The van der Waals surface area contributed by atoms with Crippen LogP contribution in [0, 0.1) is 13.8 Å². The lowest BCUT2D eigenvalue weighted by Gasteiger charge is -2.12. The van der Waals surface area contributed by atoms with E-state index in [9.17, 15) is 4.79 Å². The van der Waals surface area contributed by atoms with E-state index in [-0.39, 0.29) is 6.03 Å². The number of benzene rings is 1. The summed E-state index contributed by atoms with van der Waals surface area (Å²) in [6, 6.07) is 5.77. The normalized spacial score (nSPS) is 10.1. The van der Waals surface area contributed by atoms with Crippen LogP contribution in [-0.2, 0) is 4.74 Å². The molecule has 4 nitrogen and oxygen atoms in total. The maximum Gasteiger partial charge on any atom is 0.319 e. The van der Waals surface area contributed by atoms with Gasteiger partial charge in [0.2, 0.25) is 0 Å². The van der Waals surface area contributed by atoms with E-state index in [1.165, 1.54) is 0 Å². The van der Waals surface area contributed by atoms with Gasteiger partial charge in [0.15, 0.2) is 0 Å². The Bertz CT molecular complexity index is 357. The van der Waals surface area contributed by atoms with E-state index in [2.05, 4.69) is 10.6 Å². The molecule has 0 radical (unpaired) electrons. The average Bonchev–Trinajstić information content (AvgIpc) is 2.30. The molecule has 0 bridgehead atoms. The fourth-order valence-electron chi connectivity index (χ4n) is 1.59. The number of urea groups is 1. The fourth-order valence-corrected chi connectivity index (χ4v) is 1.59. The number of para-hydroxylation sites is 1. The zero-order valence-electron chi connectivity index (χ0n) is 10.7. The van der Waals surface area contributed by atoms with Crippen molar-refractivity contribution in [2.24, 2.45) is 0 Å². The summed E-state index contributed by atoms with van der Waals surface area (Å²) in [4.78, 5) is 11.6. The number of hydrogen-bond donors (Lipinski definition) is 2. The van der Waals surface area contributed by atoms with Gasteiger partial charge in [0.05, 0.1) is 0 Å². The topological polar surface area (TPSA) is 50.4 Å². The van der Waals surface area contributed by atoms with Crippen LogP contribution in [0.1, 0.15) is 17.5 Å². The summed E-state index contributed by atoms with van der Waals surface area (Å²) >= 11 is 0. The Morgan fingerprint density at radius 3 is 2.53 bits per heavy atom. The number of amides is 2. The molecule has 0 heterocycles. The molecule has 1 aromatic carbocycles. The molecular formula is C13H20N2O2. The van der Waals surface area contributed by atoms with Crippen LogP contribution in [0.25, 0.3) is 0 Å². The highest BCUT2D eigenvalue weighted by Gasteiger charge is 2.05. The van der Waals surface area contributed by atoms with Gasteiger partial charge in [0.25, 0.3) is 0 Å². The van der Waals surface area contributed by atoms with Gasteiger partial charge in [-0.05, 0) is 31.4 Å². The van der Waals surface area contributed by atoms with Gasteiger partial charge in [0.1, 0.15) is 0 Å². The molecule has 0 saturated carbocycles. The Labute approximate surface area is 102 Å². The molecule has 1 rings (SSSR count). The van der Waals surface area contributed by atoms with Crippen LogP contribution in [0.15, 0.2) is 18.2 Å². The molecule has 1 aromatic rings. The van der Waals surface area contributed by atoms with Crippen molar-refractivity contribution >= 4 is 11.7 Å². The van der Waals surface area contributed by atoms with Gasteiger partial charge in [-0.25, -0.2) is 4.79 Å². The number of hydrogen-bond acceptors (Lipinski definition) is 2. The smallest absolute Gasteiger partial charge is 0.319 e. The van der Waals surface area contributed by atoms with Crippen molar-refractivity contribution in [1.29, 1.82) is 0 Å². The highest BCUT2D eigenvalue weighted by atomic mass is 16.5. The summed E-state index contributed by atoms with van der Waals surface area (Å²) < 4.78 is 4.91. The van der Waals surface area contributed by atoms with Crippen molar-refractivity contribution in [3.05, 3.63) is 29.3 Å². The molecule has 0 aromatic heterocycles. The summed E-state index contributed by atoms with van der Waals surface area (Å²) in [6.45, 7) is 5.23. The van der Waals surface area contributed by atoms with Crippen LogP contribution < -0.4 is 10.6 Å². The minimum Gasteiger partial charge on any atom is -0.385 e. The molecular weight excluding hydrogens is 216 g/mol. The van der Waals surface area contributed by atoms with Crippen LogP contribution in [0.4, 0.5) is 10.5 Å². The third kappa shape index (κ3) is 4.44. The van der Waals surface area contributed by atoms with Gasteiger partial charge in [-0.1, -0.05) is 18.2 Å². The van der Waals surface area contributed by atoms with E-state index in [0.29, 0.717) is 13.2 Å². The lowest BCUT2D eigenvalue weighted by molar-refractivity contribution is 0.194. The highest BCUT2D eigenvalue weighted by Crippen LogP contribution is 2.18. The SMILES string of the molecule is COCCCNC(=O)Nc1c(C)cccc1C. The van der Waals surface area contributed by atoms with Crippen molar-refractivity contribution in [3.63, 3.8) is 0 Å². The standard InChI is InChI=1S/C13H20N2O2/c1-10-6-4-7-11(2)12(10)15-13(16)14-8-5-9-17-3/h4,6-7H,5,8-9H2,1-3H3,(H2,14,15,16). The second-order valence-electron chi connectivity index (χ2n) is 3.99. The van der Waals surface area contributed by atoms with Crippen LogP contribution >= 0.6 is 0 Å². The van der Waals surface area contributed by atoms with Crippen molar-refractivity contribution in [2.45, 2.75) is 20.3 Å². The summed E-state index contributed by atoms with van der Waals surface area (Å²) in [6.07, 6.45) is 0.816. The van der Waals surface area contributed by atoms with Crippen LogP contribution in [0.3, 0.4) is 0 Å². The Hall–Kier alpha value is -1.55. The molecule has 2 amide bonds. The van der Waals surface area contributed by atoms with Crippen molar-refractivity contribution in [3.8, 4) is 0 Å². The molecule has 17 heavy (non-hydrogen) atoms. The fraction of sp³-hybridized carbons (Fsp3) is 0.462. The third-order valence-electron chi connectivity index (χ3n) is 2.53. The Morgan fingerprint density at radius 1 is 1.29 bits per heavy atom. The van der Waals surface area contributed by atoms with Crippen LogP contribution in [0.5, 0.6) is 0 Å². The first-order chi connectivity index (χ1) is 8.15. The molecule has 0 aliphatic carbocycles. The van der Waals surface area contributed by atoms with Crippen molar-refractivity contribution < 1.29 is 9.53 Å². The first kappa shape index (κ1) is 13.5. The second-order valence-corrected chi connectivity index (χ2v) is 3.99. The monoisotopic (exact) mass is 236 g/mol. The van der Waals surface area contributed by atoms with E-state index in [0.717, 1.165) is 23.2 Å². The zero-order valence-corrected chi connectivity index (χ0v) is 10.7. The minimum absolute atomic E-state index is 0.168. The van der Waals surface area contributed by atoms with Gasteiger partial charge >= 0.3 is 6.03 Å². The number of aryl methyl sites for hydroxylation is 2. The molecule has 94 valence electrons. The van der Waals surface area contributed by atoms with Crippen LogP contribution in [0.2, 0.25) is 0 Å². The molecule has 0 aliphatic heterocycles.